The van der Waals surface area contributed by atoms with Gasteiger partial charge >= 0.3 is 6.18 Å². The van der Waals surface area contributed by atoms with Crippen LogP contribution in [-0.2, 0) is 6.18 Å². The van der Waals surface area contributed by atoms with Crippen LogP contribution >= 0.6 is 11.6 Å². The highest BCUT2D eigenvalue weighted by molar-refractivity contribution is 6.32. The van der Waals surface area contributed by atoms with Crippen molar-refractivity contribution in [3.8, 4) is 0 Å². The van der Waals surface area contributed by atoms with E-state index in [9.17, 15) is 18.0 Å². The topological polar surface area (TPSA) is 117 Å². The molecule has 32 heavy (non-hydrogen) atoms. The number of rotatable bonds is 8. The zero-order valence-electron chi connectivity index (χ0n) is 17.8. The Morgan fingerprint density at radius 2 is 1.97 bits per heavy atom. The van der Waals surface area contributed by atoms with Gasteiger partial charge in [0.05, 0.1) is 10.6 Å². The normalized spacial score (nSPS) is 12.1. The molecular formula is C20H25ClF3N7O. The van der Waals surface area contributed by atoms with Crippen molar-refractivity contribution in [1.82, 2.24) is 15.3 Å². The molecule has 0 aliphatic heterocycles. The zero-order valence-corrected chi connectivity index (χ0v) is 18.6. The molecule has 0 aliphatic carbocycles. The van der Waals surface area contributed by atoms with Crippen molar-refractivity contribution < 1.29 is 18.0 Å². The zero-order chi connectivity index (χ0) is 23.9. The summed E-state index contributed by atoms with van der Waals surface area (Å²) < 4.78 is 38.0. The molecule has 0 spiro atoms. The number of anilines is 2. The number of nitrogens with zero attached hydrogens (tertiary/aromatic N) is 3. The van der Waals surface area contributed by atoms with E-state index < -0.39 is 11.7 Å². The van der Waals surface area contributed by atoms with Crippen LogP contribution in [0.15, 0.2) is 29.4 Å². The Hall–Kier alpha value is -3.08. The molecule has 0 radical (unpaired) electrons. The van der Waals surface area contributed by atoms with E-state index in [-0.39, 0.29) is 35.8 Å². The second-order valence-corrected chi connectivity index (χ2v) is 7.77. The number of hydrogen-bond donors (Lipinski definition) is 4. The standard InChI is InChI=1S/C20H25ClF3N7O/c1-11(2)9-29-19(25)31-16-7-13(6-12(3)30-16)18(32)27-5-4-26-17-15(21)8-14(10-28-17)20(22,23)24/h6-8,10-11H,4-5,9H2,1-3H3,(H,26,28)(H,27,32)(H3,25,29,30,31). The molecule has 2 rings (SSSR count). The van der Waals surface area contributed by atoms with Gasteiger partial charge in [0.1, 0.15) is 11.6 Å². The van der Waals surface area contributed by atoms with Gasteiger partial charge < -0.3 is 21.7 Å². The minimum absolute atomic E-state index is 0.0938. The quantitative estimate of drug-likeness (QED) is 0.265. The molecule has 0 saturated carbocycles. The predicted molar refractivity (Wildman–Crippen MR) is 119 cm³/mol. The number of carbonyl (C=O) groups excluding carboxylic acids is 1. The van der Waals surface area contributed by atoms with E-state index in [4.69, 9.17) is 17.3 Å². The highest BCUT2D eigenvalue weighted by Gasteiger charge is 2.31. The number of nitrogens with one attached hydrogen (secondary N) is 3. The predicted octanol–water partition coefficient (Wildman–Crippen LogP) is 3.68. The Kier molecular flexibility index (Phi) is 8.64. The summed E-state index contributed by atoms with van der Waals surface area (Å²) in [6.45, 7) is 6.71. The number of amides is 1. The largest absolute Gasteiger partial charge is 0.417 e. The fourth-order valence-corrected chi connectivity index (χ4v) is 2.73. The Labute approximate surface area is 188 Å². The third-order valence-corrected chi connectivity index (χ3v) is 4.26. The SMILES string of the molecule is Cc1cc(C(=O)NCCNc2ncc(C(F)(F)F)cc2Cl)cc(NC(N)=NCC(C)C)n1. The Bertz CT molecular complexity index is 980. The van der Waals surface area contributed by atoms with Crippen molar-refractivity contribution in [2.75, 3.05) is 30.3 Å². The van der Waals surface area contributed by atoms with Gasteiger partial charge in [0.2, 0.25) is 0 Å². The summed E-state index contributed by atoms with van der Waals surface area (Å²) in [4.78, 5) is 24.6. The second kappa shape index (κ2) is 11.0. The van der Waals surface area contributed by atoms with Gasteiger partial charge in [-0.05, 0) is 31.0 Å². The molecule has 5 N–H and O–H groups in total. The van der Waals surface area contributed by atoms with Gasteiger partial charge in [-0.15, -0.1) is 0 Å². The van der Waals surface area contributed by atoms with E-state index in [0.29, 0.717) is 35.7 Å². The number of aryl methyl sites for hydroxylation is 1. The molecule has 12 heteroatoms. The van der Waals surface area contributed by atoms with Crippen molar-refractivity contribution >= 4 is 35.1 Å². The molecule has 0 saturated heterocycles. The third kappa shape index (κ3) is 7.88. The van der Waals surface area contributed by atoms with E-state index in [1.165, 1.54) is 0 Å². The fourth-order valence-electron chi connectivity index (χ4n) is 2.50. The maximum atomic E-state index is 12.7. The smallest absolute Gasteiger partial charge is 0.370 e. The summed E-state index contributed by atoms with van der Waals surface area (Å²) in [5.41, 5.74) is 5.87. The van der Waals surface area contributed by atoms with E-state index in [0.717, 1.165) is 6.07 Å². The first-order chi connectivity index (χ1) is 15.0. The van der Waals surface area contributed by atoms with Crippen LogP contribution in [0, 0.1) is 12.8 Å². The lowest BCUT2D eigenvalue weighted by atomic mass is 10.2. The van der Waals surface area contributed by atoms with Crippen molar-refractivity contribution in [3.05, 3.63) is 46.2 Å². The molecular weight excluding hydrogens is 447 g/mol. The second-order valence-electron chi connectivity index (χ2n) is 7.36. The molecule has 0 atom stereocenters. The van der Waals surface area contributed by atoms with Gasteiger partial charge in [0.15, 0.2) is 5.96 Å². The van der Waals surface area contributed by atoms with Crippen LogP contribution < -0.4 is 21.7 Å². The molecule has 1 amide bonds. The van der Waals surface area contributed by atoms with Crippen molar-refractivity contribution in [1.29, 1.82) is 0 Å². The molecule has 2 aromatic heterocycles. The average molecular weight is 472 g/mol. The third-order valence-electron chi connectivity index (χ3n) is 3.97. The van der Waals surface area contributed by atoms with Crippen LogP contribution in [0.1, 0.15) is 35.5 Å². The van der Waals surface area contributed by atoms with E-state index >= 15 is 0 Å². The highest BCUT2D eigenvalue weighted by atomic mass is 35.5. The van der Waals surface area contributed by atoms with Crippen LogP contribution in [0.25, 0.3) is 0 Å². The maximum absolute atomic E-state index is 12.7. The van der Waals surface area contributed by atoms with Crippen LogP contribution in [0.3, 0.4) is 0 Å². The maximum Gasteiger partial charge on any atom is 0.417 e. The number of guanidine groups is 1. The number of carbonyl (C=O) groups is 1. The minimum atomic E-state index is -4.52. The lowest BCUT2D eigenvalue weighted by molar-refractivity contribution is -0.137. The van der Waals surface area contributed by atoms with Gasteiger partial charge in [-0.1, -0.05) is 25.4 Å². The van der Waals surface area contributed by atoms with E-state index in [2.05, 4.69) is 30.9 Å². The number of hydrogen-bond acceptors (Lipinski definition) is 5. The lowest BCUT2D eigenvalue weighted by Crippen LogP contribution is -2.29. The molecule has 2 heterocycles. The van der Waals surface area contributed by atoms with Crippen molar-refractivity contribution in [2.45, 2.75) is 26.9 Å². The summed E-state index contributed by atoms with van der Waals surface area (Å²) in [5, 5.41) is 8.19. The number of aliphatic imine (C=N–C) groups is 1. The Morgan fingerprint density at radius 3 is 2.59 bits per heavy atom. The summed E-state index contributed by atoms with van der Waals surface area (Å²) in [6, 6.07) is 3.95. The van der Waals surface area contributed by atoms with Crippen LogP contribution in [0.2, 0.25) is 5.02 Å². The number of aromatic nitrogens is 2. The van der Waals surface area contributed by atoms with E-state index in [1.54, 1.807) is 19.1 Å². The minimum Gasteiger partial charge on any atom is -0.370 e. The summed E-state index contributed by atoms with van der Waals surface area (Å²) in [5.74, 6) is 0.677. The molecule has 0 aliphatic rings. The van der Waals surface area contributed by atoms with Crippen LogP contribution in [-0.4, -0.2) is 41.5 Å². The first-order valence-corrected chi connectivity index (χ1v) is 10.1. The monoisotopic (exact) mass is 471 g/mol. The molecule has 0 fully saturated rings. The van der Waals surface area contributed by atoms with Crippen molar-refractivity contribution in [2.24, 2.45) is 16.6 Å². The lowest BCUT2D eigenvalue weighted by Gasteiger charge is -2.12. The molecule has 8 nitrogen and oxygen atoms in total. The summed E-state index contributed by atoms with van der Waals surface area (Å²) in [7, 11) is 0. The number of pyridine rings is 2. The summed E-state index contributed by atoms with van der Waals surface area (Å²) >= 11 is 5.84. The summed E-state index contributed by atoms with van der Waals surface area (Å²) in [6.07, 6.45) is -3.83. The Morgan fingerprint density at radius 1 is 1.25 bits per heavy atom. The molecule has 0 aromatic carbocycles. The first kappa shape index (κ1) is 25.2. The molecule has 0 unspecified atom stereocenters. The van der Waals surface area contributed by atoms with Crippen LogP contribution in [0.5, 0.6) is 0 Å². The van der Waals surface area contributed by atoms with Gasteiger partial charge in [-0.3, -0.25) is 9.79 Å². The van der Waals surface area contributed by atoms with Gasteiger partial charge in [-0.2, -0.15) is 13.2 Å². The van der Waals surface area contributed by atoms with Gasteiger partial charge in [0.25, 0.3) is 5.91 Å². The average Bonchev–Trinajstić information content (AvgIpc) is 2.69. The fraction of sp³-hybridized carbons (Fsp3) is 0.400. The Balaban J connectivity index is 1.92. The molecule has 174 valence electrons. The number of alkyl halides is 3. The number of nitrogens with two attached hydrogens (primary N) is 1. The van der Waals surface area contributed by atoms with Crippen molar-refractivity contribution in [3.63, 3.8) is 0 Å². The number of halogens is 4. The molecule has 2 aromatic rings. The van der Waals surface area contributed by atoms with Crippen LogP contribution in [0.4, 0.5) is 24.8 Å². The van der Waals surface area contributed by atoms with E-state index in [1.807, 2.05) is 13.8 Å². The van der Waals surface area contributed by atoms with Gasteiger partial charge in [-0.25, -0.2) is 9.97 Å². The molecule has 0 bridgehead atoms. The van der Waals surface area contributed by atoms with Gasteiger partial charge in [0, 0.05) is 37.1 Å². The first-order valence-electron chi connectivity index (χ1n) is 9.76. The highest BCUT2D eigenvalue weighted by Crippen LogP contribution is 2.32.